The molecule has 2 aromatic carbocycles. The Morgan fingerprint density at radius 2 is 1.79 bits per heavy atom. The zero-order valence-corrected chi connectivity index (χ0v) is 16.4. The minimum absolute atomic E-state index is 0.0570. The molecule has 152 valence electrons. The van der Waals surface area contributed by atoms with Gasteiger partial charge in [0, 0.05) is 31.1 Å². The maximum Gasteiger partial charge on any atom is 0.201 e. The van der Waals surface area contributed by atoms with E-state index < -0.39 is 23.6 Å². The van der Waals surface area contributed by atoms with Crippen molar-refractivity contribution >= 4 is 5.78 Å². The number of carbonyl (C=O) groups is 1. The van der Waals surface area contributed by atoms with Crippen molar-refractivity contribution in [1.29, 1.82) is 0 Å². The third kappa shape index (κ3) is 5.13. The number of rotatable bonds is 10. The fourth-order valence-corrected chi connectivity index (χ4v) is 3.07. The van der Waals surface area contributed by atoms with Gasteiger partial charge in [0.25, 0.3) is 0 Å². The van der Waals surface area contributed by atoms with E-state index in [4.69, 9.17) is 9.47 Å². The van der Waals surface area contributed by atoms with Crippen molar-refractivity contribution in [3.05, 3.63) is 53.3 Å². The van der Waals surface area contributed by atoms with Crippen LogP contribution in [-0.4, -0.2) is 19.5 Å². The van der Waals surface area contributed by atoms with Gasteiger partial charge in [-0.2, -0.15) is 4.39 Å². The number of Topliss-reactive ketones (excluding diaryl/α,β-unsaturated/α-hetero) is 1. The zero-order chi connectivity index (χ0) is 20.7. The summed E-state index contributed by atoms with van der Waals surface area (Å²) in [6.45, 7) is 3.80. The lowest BCUT2D eigenvalue weighted by Gasteiger charge is -2.17. The van der Waals surface area contributed by atoms with E-state index in [0.29, 0.717) is 19.3 Å². The molecule has 0 aromatic heterocycles. The van der Waals surface area contributed by atoms with E-state index in [0.717, 1.165) is 12.5 Å². The van der Waals surface area contributed by atoms with Crippen molar-refractivity contribution in [2.45, 2.75) is 45.6 Å². The second-order valence-electron chi connectivity index (χ2n) is 6.46. The molecule has 0 radical (unpaired) electrons. The smallest absolute Gasteiger partial charge is 0.201 e. The third-order valence-electron chi connectivity index (χ3n) is 4.50. The van der Waals surface area contributed by atoms with Gasteiger partial charge in [0.2, 0.25) is 5.82 Å². The summed E-state index contributed by atoms with van der Waals surface area (Å²) < 4.78 is 53.5. The van der Waals surface area contributed by atoms with Gasteiger partial charge in [0.05, 0.1) is 12.7 Å². The fourth-order valence-electron chi connectivity index (χ4n) is 3.07. The average molecular weight is 394 g/mol. The van der Waals surface area contributed by atoms with E-state index in [1.165, 1.54) is 31.4 Å². The molecule has 1 atom stereocenters. The minimum atomic E-state index is -1.10. The highest BCUT2D eigenvalue weighted by molar-refractivity contribution is 5.78. The van der Waals surface area contributed by atoms with E-state index in [9.17, 15) is 18.0 Å². The van der Waals surface area contributed by atoms with Crippen LogP contribution in [0.4, 0.5) is 13.2 Å². The lowest BCUT2D eigenvalue weighted by atomic mass is 9.97. The molecule has 1 unspecified atom stereocenters. The number of ketones is 1. The predicted molar refractivity (Wildman–Crippen MR) is 102 cm³/mol. The molecule has 0 fully saturated rings. The normalized spacial score (nSPS) is 12.1. The minimum Gasteiger partial charge on any atom is -0.491 e. The highest BCUT2D eigenvalue weighted by Crippen LogP contribution is 2.33. The number of methoxy groups -OCH3 is 1. The molecule has 6 heteroatoms. The second-order valence-corrected chi connectivity index (χ2v) is 6.46. The van der Waals surface area contributed by atoms with Crippen molar-refractivity contribution in [1.82, 2.24) is 0 Å². The summed E-state index contributed by atoms with van der Waals surface area (Å²) in [6, 6.07) is 6.82. The molecule has 0 N–H and O–H groups in total. The Morgan fingerprint density at radius 3 is 2.39 bits per heavy atom. The largest absolute Gasteiger partial charge is 0.491 e. The highest BCUT2D eigenvalue weighted by atomic mass is 19.2. The molecule has 0 amide bonds. The molecule has 0 saturated heterocycles. The van der Waals surface area contributed by atoms with Crippen LogP contribution in [0.1, 0.15) is 51.2 Å². The van der Waals surface area contributed by atoms with Gasteiger partial charge in [-0.15, -0.1) is 0 Å². The number of benzene rings is 2. The van der Waals surface area contributed by atoms with Gasteiger partial charge >= 0.3 is 0 Å². The van der Waals surface area contributed by atoms with Crippen LogP contribution in [0.3, 0.4) is 0 Å². The van der Waals surface area contributed by atoms with Crippen LogP contribution >= 0.6 is 0 Å². The summed E-state index contributed by atoms with van der Waals surface area (Å²) in [4.78, 5) is 11.7. The van der Waals surface area contributed by atoms with E-state index in [1.54, 1.807) is 6.92 Å². The molecule has 0 saturated carbocycles. The summed E-state index contributed by atoms with van der Waals surface area (Å²) in [5.74, 6) is -2.87. The molecule has 0 aliphatic carbocycles. The maximum absolute atomic E-state index is 14.7. The predicted octanol–water partition coefficient (Wildman–Crippen LogP) is 6.01. The topological polar surface area (TPSA) is 35.5 Å². The van der Waals surface area contributed by atoms with Gasteiger partial charge in [-0.25, -0.2) is 8.78 Å². The highest BCUT2D eigenvalue weighted by Gasteiger charge is 2.20. The van der Waals surface area contributed by atoms with E-state index in [1.807, 2.05) is 6.92 Å². The third-order valence-corrected chi connectivity index (χ3v) is 4.50. The zero-order valence-electron chi connectivity index (χ0n) is 16.4. The van der Waals surface area contributed by atoms with Crippen LogP contribution in [0.5, 0.6) is 5.75 Å². The van der Waals surface area contributed by atoms with Gasteiger partial charge in [-0.1, -0.05) is 19.1 Å². The van der Waals surface area contributed by atoms with Crippen LogP contribution in [-0.2, 0) is 9.53 Å². The molecule has 28 heavy (non-hydrogen) atoms. The van der Waals surface area contributed by atoms with Crippen molar-refractivity contribution in [3.8, 4) is 16.9 Å². The molecule has 2 rings (SSSR count). The summed E-state index contributed by atoms with van der Waals surface area (Å²) in [7, 11) is 1.45. The Balaban J connectivity index is 2.26. The SMILES string of the molecule is CCCC(=O)CCC(OC)c1ccc(-c2ccc(OCC)c(F)c2F)cc1F. The molecule has 0 aliphatic rings. The molecule has 0 bridgehead atoms. The molecule has 2 aromatic rings. The van der Waals surface area contributed by atoms with Crippen LogP contribution in [0.15, 0.2) is 30.3 Å². The van der Waals surface area contributed by atoms with Crippen molar-refractivity contribution < 1.29 is 27.4 Å². The maximum atomic E-state index is 14.7. The fraction of sp³-hybridized carbons (Fsp3) is 0.409. The summed E-state index contributed by atoms with van der Waals surface area (Å²) >= 11 is 0. The van der Waals surface area contributed by atoms with E-state index in [2.05, 4.69) is 0 Å². The number of carbonyl (C=O) groups excluding carboxylic acids is 1. The van der Waals surface area contributed by atoms with Gasteiger partial charge in [0.15, 0.2) is 11.6 Å². The van der Waals surface area contributed by atoms with Gasteiger partial charge in [-0.3, -0.25) is 4.79 Å². The Morgan fingerprint density at radius 1 is 1.04 bits per heavy atom. The monoisotopic (exact) mass is 394 g/mol. The number of halogens is 3. The first-order chi connectivity index (χ1) is 13.4. The van der Waals surface area contributed by atoms with E-state index in [-0.39, 0.29) is 34.8 Å². The number of ether oxygens (including phenoxy) is 2. The van der Waals surface area contributed by atoms with Gasteiger partial charge in [0.1, 0.15) is 11.6 Å². The molecule has 0 spiro atoms. The second kappa shape index (κ2) is 10.3. The Kier molecular flexibility index (Phi) is 8.05. The van der Waals surface area contributed by atoms with Crippen LogP contribution in [0.2, 0.25) is 0 Å². The molecular formula is C22H25F3O3. The van der Waals surface area contributed by atoms with E-state index >= 15 is 0 Å². The molecule has 3 nitrogen and oxygen atoms in total. The van der Waals surface area contributed by atoms with Crippen LogP contribution in [0.25, 0.3) is 11.1 Å². The summed E-state index contributed by atoms with van der Waals surface area (Å²) in [5, 5.41) is 0. The first-order valence-corrected chi connectivity index (χ1v) is 9.37. The average Bonchev–Trinajstić information content (AvgIpc) is 2.67. The first kappa shape index (κ1) is 22.0. The Bertz CT molecular complexity index is 821. The van der Waals surface area contributed by atoms with Crippen molar-refractivity contribution in [2.75, 3.05) is 13.7 Å². The first-order valence-electron chi connectivity index (χ1n) is 9.37. The quantitative estimate of drug-likeness (QED) is 0.495. The van der Waals surface area contributed by atoms with Gasteiger partial charge < -0.3 is 9.47 Å². The summed E-state index contributed by atoms with van der Waals surface area (Å²) in [5.41, 5.74) is 0.429. The lowest BCUT2D eigenvalue weighted by molar-refractivity contribution is -0.119. The molecular weight excluding hydrogens is 369 g/mol. The van der Waals surface area contributed by atoms with Crippen LogP contribution in [0, 0.1) is 17.5 Å². The molecule has 0 heterocycles. The van der Waals surface area contributed by atoms with Crippen molar-refractivity contribution in [2.24, 2.45) is 0 Å². The van der Waals surface area contributed by atoms with Crippen LogP contribution < -0.4 is 4.74 Å². The number of hydrogen-bond donors (Lipinski definition) is 0. The Labute approximate surface area is 163 Å². The molecule has 0 aliphatic heterocycles. The standard InChI is InChI=1S/C22H25F3O3/c1-4-6-15(26)8-11-19(27-3)17-9-7-14(13-18(17)23)16-10-12-20(28-5-2)22(25)21(16)24/h7,9-10,12-13,19H,4-6,8,11H2,1-3H3. The lowest BCUT2D eigenvalue weighted by Crippen LogP contribution is -2.08. The van der Waals surface area contributed by atoms with Crippen molar-refractivity contribution in [3.63, 3.8) is 0 Å². The Hall–Kier alpha value is -2.34. The van der Waals surface area contributed by atoms with Gasteiger partial charge in [-0.05, 0) is 43.5 Å². The summed E-state index contributed by atoms with van der Waals surface area (Å²) in [6.07, 6.45) is 1.32. The number of hydrogen-bond acceptors (Lipinski definition) is 3.